The van der Waals surface area contributed by atoms with Gasteiger partial charge in [-0.3, -0.25) is 14.2 Å². The van der Waals surface area contributed by atoms with Crippen molar-refractivity contribution in [2.75, 3.05) is 5.32 Å². The minimum absolute atomic E-state index is 0.0878. The van der Waals surface area contributed by atoms with E-state index in [4.69, 9.17) is 11.6 Å². The van der Waals surface area contributed by atoms with E-state index in [0.717, 1.165) is 6.07 Å². The first-order valence-corrected chi connectivity index (χ1v) is 7.54. The van der Waals surface area contributed by atoms with Gasteiger partial charge in [0.15, 0.2) is 0 Å². The lowest BCUT2D eigenvalue weighted by atomic mass is 10.2. The van der Waals surface area contributed by atoms with Gasteiger partial charge in [0.05, 0.1) is 16.1 Å². The lowest BCUT2D eigenvalue weighted by Crippen LogP contribution is -2.30. The Morgan fingerprint density at radius 1 is 1.29 bits per heavy atom. The minimum Gasteiger partial charge on any atom is -0.324 e. The number of aryl methyl sites for hydroxylation is 1. The first-order chi connectivity index (χ1) is 11.5. The molecule has 1 heterocycles. The second kappa shape index (κ2) is 6.41. The molecule has 7 heteroatoms. The van der Waals surface area contributed by atoms with Gasteiger partial charge in [-0.25, -0.2) is 9.37 Å². The third-order valence-corrected chi connectivity index (χ3v) is 3.81. The number of carbonyl (C=O) groups excluding carboxylic acids is 1. The second-order valence-corrected chi connectivity index (χ2v) is 5.66. The molecule has 24 heavy (non-hydrogen) atoms. The van der Waals surface area contributed by atoms with Crippen LogP contribution in [0.4, 0.5) is 10.1 Å². The number of rotatable bonds is 3. The highest BCUT2D eigenvalue weighted by Crippen LogP contribution is 2.19. The van der Waals surface area contributed by atoms with Gasteiger partial charge in [0.25, 0.3) is 5.56 Å². The van der Waals surface area contributed by atoms with Gasteiger partial charge >= 0.3 is 0 Å². The molecule has 0 saturated heterocycles. The van der Waals surface area contributed by atoms with Crippen molar-refractivity contribution < 1.29 is 9.18 Å². The van der Waals surface area contributed by atoms with Gasteiger partial charge in [-0.1, -0.05) is 23.7 Å². The van der Waals surface area contributed by atoms with Crippen LogP contribution in [-0.4, -0.2) is 15.5 Å². The first-order valence-electron chi connectivity index (χ1n) is 7.17. The molecule has 0 unspecified atom stereocenters. The van der Waals surface area contributed by atoms with Crippen LogP contribution in [0.2, 0.25) is 5.02 Å². The molecule has 0 radical (unpaired) electrons. The van der Waals surface area contributed by atoms with E-state index in [0.29, 0.717) is 22.4 Å². The van der Waals surface area contributed by atoms with Crippen molar-refractivity contribution in [1.82, 2.24) is 9.55 Å². The maximum atomic E-state index is 13.2. The average molecular weight is 346 g/mol. The molecule has 1 N–H and O–H groups in total. The van der Waals surface area contributed by atoms with Crippen LogP contribution in [0, 0.1) is 12.7 Å². The summed E-state index contributed by atoms with van der Waals surface area (Å²) in [5, 5.41) is 2.51. The van der Waals surface area contributed by atoms with Crippen LogP contribution in [0.3, 0.4) is 0 Å². The summed E-state index contributed by atoms with van der Waals surface area (Å²) in [7, 11) is 0. The first kappa shape index (κ1) is 16.1. The number of fused-ring (bicyclic) bond motifs is 1. The highest BCUT2D eigenvalue weighted by Gasteiger charge is 2.12. The van der Waals surface area contributed by atoms with E-state index >= 15 is 0 Å². The third kappa shape index (κ3) is 3.14. The Labute approximate surface area is 141 Å². The van der Waals surface area contributed by atoms with Crippen LogP contribution < -0.4 is 10.9 Å². The monoisotopic (exact) mass is 345 g/mol. The fourth-order valence-corrected chi connectivity index (χ4v) is 2.58. The predicted octanol–water partition coefficient (Wildman–Crippen LogP) is 3.14. The molecule has 0 aliphatic heterocycles. The van der Waals surface area contributed by atoms with Crippen molar-refractivity contribution in [1.29, 1.82) is 0 Å². The van der Waals surface area contributed by atoms with Crippen LogP contribution in [0.15, 0.2) is 47.3 Å². The Balaban J connectivity index is 1.92. The van der Waals surface area contributed by atoms with E-state index in [1.54, 1.807) is 25.1 Å². The number of aromatic nitrogens is 2. The second-order valence-electron chi connectivity index (χ2n) is 5.25. The van der Waals surface area contributed by atoms with E-state index in [-0.39, 0.29) is 17.1 Å². The number of hydrogen-bond donors (Lipinski definition) is 1. The highest BCUT2D eigenvalue weighted by molar-refractivity contribution is 6.31. The smallest absolute Gasteiger partial charge is 0.272 e. The number of amides is 1. The van der Waals surface area contributed by atoms with Crippen molar-refractivity contribution in [2.24, 2.45) is 0 Å². The van der Waals surface area contributed by atoms with Gasteiger partial charge < -0.3 is 5.32 Å². The van der Waals surface area contributed by atoms with Gasteiger partial charge in [-0.2, -0.15) is 0 Å². The van der Waals surface area contributed by atoms with Gasteiger partial charge in [0.2, 0.25) is 5.91 Å². The molecule has 1 aromatic heterocycles. The Kier molecular flexibility index (Phi) is 4.31. The fraction of sp³-hybridized carbons (Fsp3) is 0.118. The summed E-state index contributed by atoms with van der Waals surface area (Å²) in [6.45, 7) is 1.42. The molecular formula is C17H13ClFN3O2. The van der Waals surface area contributed by atoms with Crippen LogP contribution in [0.1, 0.15) is 5.69 Å². The Hall–Kier alpha value is -2.73. The molecule has 0 atom stereocenters. The third-order valence-electron chi connectivity index (χ3n) is 3.52. The Bertz CT molecular complexity index is 1000. The standard InChI is InChI=1S/C17H13ClFN3O2/c1-10-17(24)22(15-5-3-2-4-14(15)20-10)9-16(23)21-11-6-7-13(19)12(18)8-11/h2-8H,9H2,1H3,(H,21,23). The Morgan fingerprint density at radius 3 is 2.79 bits per heavy atom. The zero-order valence-corrected chi connectivity index (χ0v) is 13.5. The molecular weight excluding hydrogens is 333 g/mol. The van der Waals surface area contributed by atoms with Crippen LogP contribution in [-0.2, 0) is 11.3 Å². The summed E-state index contributed by atoms with van der Waals surface area (Å²) in [5.74, 6) is -0.989. The summed E-state index contributed by atoms with van der Waals surface area (Å²) in [5.41, 5.74) is 1.54. The van der Waals surface area contributed by atoms with Crippen LogP contribution in [0.5, 0.6) is 0 Å². The number of benzene rings is 2. The molecule has 0 bridgehead atoms. The SMILES string of the molecule is Cc1nc2ccccc2n(CC(=O)Nc2ccc(F)c(Cl)c2)c1=O. The van der Waals surface area contributed by atoms with E-state index in [2.05, 4.69) is 10.3 Å². The molecule has 2 aromatic carbocycles. The molecule has 0 aliphatic rings. The molecule has 0 fully saturated rings. The van der Waals surface area contributed by atoms with Crippen molar-refractivity contribution in [3.8, 4) is 0 Å². The topological polar surface area (TPSA) is 64.0 Å². The number of carbonyl (C=O) groups is 1. The van der Waals surface area contributed by atoms with Crippen molar-refractivity contribution in [2.45, 2.75) is 13.5 Å². The lowest BCUT2D eigenvalue weighted by molar-refractivity contribution is -0.116. The minimum atomic E-state index is -0.568. The zero-order valence-electron chi connectivity index (χ0n) is 12.7. The largest absolute Gasteiger partial charge is 0.324 e. The summed E-state index contributed by atoms with van der Waals surface area (Å²) in [6, 6.07) is 11.0. The van der Waals surface area contributed by atoms with E-state index in [1.807, 2.05) is 6.07 Å². The molecule has 0 saturated carbocycles. The molecule has 0 spiro atoms. The molecule has 5 nitrogen and oxygen atoms in total. The maximum Gasteiger partial charge on any atom is 0.272 e. The fourth-order valence-electron chi connectivity index (χ4n) is 2.40. The van der Waals surface area contributed by atoms with Crippen molar-refractivity contribution in [3.05, 3.63) is 69.4 Å². The summed E-state index contributed by atoms with van der Waals surface area (Å²) in [4.78, 5) is 28.8. The van der Waals surface area contributed by atoms with Crippen LogP contribution >= 0.6 is 11.6 Å². The van der Waals surface area contributed by atoms with Crippen LogP contribution in [0.25, 0.3) is 11.0 Å². The molecule has 0 aliphatic carbocycles. The van der Waals surface area contributed by atoms with Gasteiger partial charge in [-0.15, -0.1) is 0 Å². The van der Waals surface area contributed by atoms with Gasteiger partial charge in [0.1, 0.15) is 18.1 Å². The number of nitrogens with zero attached hydrogens (tertiary/aromatic N) is 2. The summed E-state index contributed by atoms with van der Waals surface area (Å²) in [6.07, 6.45) is 0. The average Bonchev–Trinajstić information content (AvgIpc) is 2.55. The predicted molar refractivity (Wildman–Crippen MR) is 90.8 cm³/mol. The molecule has 3 rings (SSSR count). The molecule has 1 amide bonds. The highest BCUT2D eigenvalue weighted by atomic mass is 35.5. The Morgan fingerprint density at radius 2 is 2.04 bits per heavy atom. The number of hydrogen-bond acceptors (Lipinski definition) is 3. The number of anilines is 1. The molecule has 3 aromatic rings. The van der Waals surface area contributed by atoms with Crippen molar-refractivity contribution >= 4 is 34.2 Å². The quantitative estimate of drug-likeness (QED) is 0.793. The maximum absolute atomic E-state index is 13.2. The number of para-hydroxylation sites is 2. The van der Waals surface area contributed by atoms with Crippen molar-refractivity contribution in [3.63, 3.8) is 0 Å². The van der Waals surface area contributed by atoms with E-state index in [1.165, 1.54) is 16.7 Å². The van der Waals surface area contributed by atoms with E-state index < -0.39 is 11.7 Å². The van der Waals surface area contributed by atoms with Gasteiger partial charge in [0, 0.05) is 5.69 Å². The molecule has 122 valence electrons. The number of nitrogens with one attached hydrogen (secondary N) is 1. The zero-order chi connectivity index (χ0) is 17.3. The van der Waals surface area contributed by atoms with E-state index in [9.17, 15) is 14.0 Å². The number of halogens is 2. The normalized spacial score (nSPS) is 10.8. The summed E-state index contributed by atoms with van der Waals surface area (Å²) >= 11 is 5.69. The lowest BCUT2D eigenvalue weighted by Gasteiger charge is -2.11. The summed E-state index contributed by atoms with van der Waals surface area (Å²) < 4.78 is 14.5. The van der Waals surface area contributed by atoms with Gasteiger partial charge in [-0.05, 0) is 37.3 Å².